The summed E-state index contributed by atoms with van der Waals surface area (Å²) in [7, 11) is 0. The molecular formula is C13H15FN4OS. The van der Waals surface area contributed by atoms with Crippen LogP contribution in [0.4, 0.5) is 16.2 Å². The van der Waals surface area contributed by atoms with E-state index in [4.69, 9.17) is 5.73 Å². The van der Waals surface area contributed by atoms with Gasteiger partial charge in [0.2, 0.25) is 5.95 Å². The van der Waals surface area contributed by atoms with Gasteiger partial charge in [-0.05, 0) is 30.6 Å². The molecular weight excluding hydrogens is 279 g/mol. The van der Waals surface area contributed by atoms with Crippen LogP contribution in [0.25, 0.3) is 10.9 Å². The Balaban J connectivity index is 2.55. The maximum absolute atomic E-state index is 13.9. The quantitative estimate of drug-likeness (QED) is 0.826. The molecule has 5 nitrogen and oxygen atoms in total. The number of hydrogen-bond acceptors (Lipinski definition) is 6. The van der Waals surface area contributed by atoms with Crippen LogP contribution >= 0.6 is 11.8 Å². The zero-order valence-electron chi connectivity index (χ0n) is 11.0. The van der Waals surface area contributed by atoms with Gasteiger partial charge in [-0.1, -0.05) is 6.07 Å². The summed E-state index contributed by atoms with van der Waals surface area (Å²) in [5.74, 6) is 0.559. The predicted octanol–water partition coefficient (Wildman–Crippen LogP) is 2.17. The third kappa shape index (κ3) is 3.23. The Morgan fingerprint density at radius 3 is 2.95 bits per heavy atom. The molecule has 1 heterocycles. The minimum Gasteiger partial charge on any atom is -0.390 e. The van der Waals surface area contributed by atoms with E-state index in [1.54, 1.807) is 23.9 Å². The fourth-order valence-corrected chi connectivity index (χ4v) is 2.20. The van der Waals surface area contributed by atoms with Crippen LogP contribution in [0.1, 0.15) is 6.42 Å². The highest BCUT2D eigenvalue weighted by atomic mass is 32.2. The zero-order chi connectivity index (χ0) is 14.5. The lowest BCUT2D eigenvalue weighted by Crippen LogP contribution is -2.06. The number of aliphatic hydroxyl groups excluding tert-OH is 1. The van der Waals surface area contributed by atoms with E-state index in [1.165, 1.54) is 6.07 Å². The molecule has 3 N–H and O–H groups in total. The van der Waals surface area contributed by atoms with E-state index in [1.807, 2.05) is 6.26 Å². The molecule has 0 saturated carbocycles. The van der Waals surface area contributed by atoms with Crippen LogP contribution in [0.5, 0.6) is 0 Å². The molecule has 0 fully saturated rings. The number of aromatic nitrogens is 2. The van der Waals surface area contributed by atoms with Gasteiger partial charge in [0.15, 0.2) is 5.82 Å². The van der Waals surface area contributed by atoms with Gasteiger partial charge in [-0.15, -0.1) is 0 Å². The number of aliphatic imine (C=N–C) groups is 1. The molecule has 0 atom stereocenters. The van der Waals surface area contributed by atoms with Gasteiger partial charge in [0.1, 0.15) is 5.82 Å². The summed E-state index contributed by atoms with van der Waals surface area (Å²) < 4.78 is 13.9. The molecule has 2 aromatic rings. The van der Waals surface area contributed by atoms with Crippen molar-refractivity contribution in [2.75, 3.05) is 24.3 Å². The lowest BCUT2D eigenvalue weighted by molar-refractivity contribution is 0.355. The summed E-state index contributed by atoms with van der Waals surface area (Å²) in [4.78, 5) is 12.2. The van der Waals surface area contributed by atoms with Crippen LogP contribution in [-0.4, -0.2) is 39.4 Å². The molecule has 0 unspecified atom stereocenters. The molecule has 0 aliphatic rings. The molecule has 1 aromatic carbocycles. The molecule has 0 bridgehead atoms. The standard InChI is InChI=1S/C13H15FN4OS/c1-20-6-5-8(7-19)16-12-11-9(14)3-2-4-10(11)17-13(15)18-12/h2-4,19H,5-7H2,1H3,(H2,15,17,18). The molecule has 0 aliphatic heterocycles. The first-order valence-corrected chi connectivity index (χ1v) is 7.43. The number of nitrogen functional groups attached to an aromatic ring is 1. The highest BCUT2D eigenvalue weighted by molar-refractivity contribution is 7.98. The van der Waals surface area contributed by atoms with Gasteiger partial charge < -0.3 is 10.8 Å². The average Bonchev–Trinajstić information content (AvgIpc) is 2.42. The summed E-state index contributed by atoms with van der Waals surface area (Å²) in [5, 5.41) is 9.54. The number of aliphatic hydroxyl groups is 1. The minimum absolute atomic E-state index is 0.0315. The van der Waals surface area contributed by atoms with E-state index in [-0.39, 0.29) is 23.8 Å². The zero-order valence-corrected chi connectivity index (χ0v) is 11.8. The topological polar surface area (TPSA) is 84.4 Å². The summed E-state index contributed by atoms with van der Waals surface area (Å²) in [5.41, 5.74) is 6.56. The van der Waals surface area contributed by atoms with E-state index in [2.05, 4.69) is 15.0 Å². The second kappa shape index (κ2) is 6.62. The van der Waals surface area contributed by atoms with E-state index in [9.17, 15) is 9.50 Å². The number of benzene rings is 1. The van der Waals surface area contributed by atoms with E-state index in [0.29, 0.717) is 17.6 Å². The molecule has 2 rings (SSSR count). The van der Waals surface area contributed by atoms with Crippen LogP contribution in [0, 0.1) is 5.82 Å². The first-order chi connectivity index (χ1) is 9.65. The minimum atomic E-state index is -0.455. The smallest absolute Gasteiger partial charge is 0.222 e. The first kappa shape index (κ1) is 14.7. The highest BCUT2D eigenvalue weighted by Crippen LogP contribution is 2.26. The number of anilines is 1. The van der Waals surface area contributed by atoms with Gasteiger partial charge in [0.25, 0.3) is 0 Å². The largest absolute Gasteiger partial charge is 0.390 e. The number of hydrogen-bond donors (Lipinski definition) is 2. The second-order valence-corrected chi connectivity index (χ2v) is 5.10. The molecule has 0 radical (unpaired) electrons. The molecule has 20 heavy (non-hydrogen) atoms. The Hall–Kier alpha value is -1.73. The number of nitrogens with two attached hydrogens (primary N) is 1. The molecule has 0 saturated heterocycles. The first-order valence-electron chi connectivity index (χ1n) is 6.03. The fourth-order valence-electron chi connectivity index (χ4n) is 1.76. The monoisotopic (exact) mass is 294 g/mol. The van der Waals surface area contributed by atoms with Crippen LogP contribution in [0.3, 0.4) is 0 Å². The average molecular weight is 294 g/mol. The number of rotatable bonds is 5. The third-order valence-electron chi connectivity index (χ3n) is 2.71. The highest BCUT2D eigenvalue weighted by Gasteiger charge is 2.11. The number of halogens is 1. The summed E-state index contributed by atoms with van der Waals surface area (Å²) >= 11 is 1.64. The predicted molar refractivity (Wildman–Crippen MR) is 81.1 cm³/mol. The Kier molecular flexibility index (Phi) is 4.86. The third-order valence-corrected chi connectivity index (χ3v) is 3.32. The Morgan fingerprint density at radius 1 is 1.45 bits per heavy atom. The Morgan fingerprint density at radius 2 is 2.25 bits per heavy atom. The van der Waals surface area contributed by atoms with Gasteiger partial charge in [0.05, 0.1) is 17.5 Å². The maximum atomic E-state index is 13.9. The molecule has 7 heteroatoms. The summed E-state index contributed by atoms with van der Waals surface area (Å²) in [6.07, 6.45) is 2.57. The van der Waals surface area contributed by atoms with E-state index in [0.717, 1.165) is 5.75 Å². The summed E-state index contributed by atoms with van der Waals surface area (Å²) in [6.45, 7) is -0.194. The van der Waals surface area contributed by atoms with Crippen LogP contribution in [0.2, 0.25) is 0 Å². The number of nitrogens with zero attached hydrogens (tertiary/aromatic N) is 3. The normalized spacial score (nSPS) is 12.1. The molecule has 0 aliphatic carbocycles. The van der Waals surface area contributed by atoms with Gasteiger partial charge >= 0.3 is 0 Å². The fraction of sp³-hybridized carbons (Fsp3) is 0.308. The van der Waals surface area contributed by atoms with Crippen molar-refractivity contribution in [2.24, 2.45) is 4.99 Å². The second-order valence-electron chi connectivity index (χ2n) is 4.12. The Bertz CT molecular complexity index is 648. The molecule has 0 amide bonds. The van der Waals surface area contributed by atoms with Crippen LogP contribution in [0.15, 0.2) is 23.2 Å². The number of thioether (sulfide) groups is 1. The van der Waals surface area contributed by atoms with Crippen molar-refractivity contribution in [1.82, 2.24) is 9.97 Å². The molecule has 106 valence electrons. The molecule has 0 spiro atoms. The van der Waals surface area contributed by atoms with Crippen molar-refractivity contribution in [3.8, 4) is 0 Å². The van der Waals surface area contributed by atoms with Gasteiger partial charge in [-0.2, -0.15) is 16.7 Å². The van der Waals surface area contributed by atoms with E-state index >= 15 is 0 Å². The van der Waals surface area contributed by atoms with Gasteiger partial charge in [-0.3, -0.25) is 0 Å². The lowest BCUT2D eigenvalue weighted by atomic mass is 10.2. The van der Waals surface area contributed by atoms with Crippen LogP contribution < -0.4 is 5.73 Å². The Labute approximate surface area is 120 Å². The van der Waals surface area contributed by atoms with Crippen molar-refractivity contribution >= 4 is 40.1 Å². The van der Waals surface area contributed by atoms with Crippen molar-refractivity contribution in [1.29, 1.82) is 0 Å². The van der Waals surface area contributed by atoms with Crippen LogP contribution in [-0.2, 0) is 0 Å². The van der Waals surface area contributed by atoms with Crippen molar-refractivity contribution in [2.45, 2.75) is 6.42 Å². The summed E-state index contributed by atoms with van der Waals surface area (Å²) in [6, 6.07) is 4.52. The van der Waals surface area contributed by atoms with Crippen molar-refractivity contribution in [3.63, 3.8) is 0 Å². The van der Waals surface area contributed by atoms with Gasteiger partial charge in [-0.25, -0.2) is 14.4 Å². The number of fused-ring (bicyclic) bond motifs is 1. The maximum Gasteiger partial charge on any atom is 0.222 e. The lowest BCUT2D eigenvalue weighted by Gasteiger charge is -2.06. The van der Waals surface area contributed by atoms with Gasteiger partial charge in [0, 0.05) is 5.71 Å². The SMILES string of the molecule is CSCCC(CO)=Nc1nc(N)nc2cccc(F)c12. The van der Waals surface area contributed by atoms with Crippen molar-refractivity contribution in [3.05, 3.63) is 24.0 Å². The van der Waals surface area contributed by atoms with Crippen molar-refractivity contribution < 1.29 is 9.50 Å². The molecule has 1 aromatic heterocycles. The van der Waals surface area contributed by atoms with E-state index < -0.39 is 5.82 Å².